The third kappa shape index (κ3) is 4.06. The molecule has 1 saturated heterocycles. The number of carbonyl (C=O) groups excluding carboxylic acids is 1. The second-order valence-corrected chi connectivity index (χ2v) is 5.59. The van der Waals surface area contributed by atoms with E-state index >= 15 is 0 Å². The van der Waals surface area contributed by atoms with Crippen molar-refractivity contribution < 1.29 is 4.79 Å². The summed E-state index contributed by atoms with van der Waals surface area (Å²) in [4.78, 5) is 16.9. The Morgan fingerprint density at radius 2 is 2.16 bits per heavy atom. The van der Waals surface area contributed by atoms with Gasteiger partial charge in [0.05, 0.1) is 6.54 Å². The number of carbonyl (C=O) groups is 1. The zero-order valence-corrected chi connectivity index (χ0v) is 12.0. The molecule has 0 unspecified atom stereocenters. The first-order valence-electron chi connectivity index (χ1n) is 6.43. The van der Waals surface area contributed by atoms with Crippen LogP contribution in [0, 0.1) is 11.8 Å². The Kier molecular flexibility index (Phi) is 4.97. The Bertz CT molecular complexity index is 492. The third-order valence-corrected chi connectivity index (χ3v) is 4.11. The minimum absolute atomic E-state index is 0.176. The van der Waals surface area contributed by atoms with Gasteiger partial charge >= 0.3 is 0 Å². The van der Waals surface area contributed by atoms with E-state index in [1.165, 1.54) is 4.88 Å². The maximum atomic E-state index is 11.3. The number of piperazine rings is 1. The fourth-order valence-corrected chi connectivity index (χ4v) is 2.98. The Labute approximate surface area is 118 Å². The predicted octanol–water partition coefficient (Wildman–Crippen LogP) is 0.722. The van der Waals surface area contributed by atoms with Gasteiger partial charge in [0.2, 0.25) is 5.91 Å². The van der Waals surface area contributed by atoms with Crippen molar-refractivity contribution in [3.05, 3.63) is 21.9 Å². The van der Waals surface area contributed by atoms with E-state index in [4.69, 9.17) is 5.73 Å². The predicted molar refractivity (Wildman–Crippen MR) is 77.8 cm³/mol. The lowest BCUT2D eigenvalue weighted by molar-refractivity contribution is -0.130. The monoisotopic (exact) mass is 277 g/mol. The molecule has 1 aromatic rings. The first-order valence-corrected chi connectivity index (χ1v) is 7.31. The van der Waals surface area contributed by atoms with Gasteiger partial charge in [-0.1, -0.05) is 11.8 Å². The van der Waals surface area contributed by atoms with Crippen molar-refractivity contribution in [3.63, 3.8) is 0 Å². The van der Waals surface area contributed by atoms with Crippen molar-refractivity contribution in [3.8, 4) is 11.8 Å². The molecule has 1 fully saturated rings. The molecule has 2 heterocycles. The standard InChI is InChI=1S/C14H19N3OS/c1-12(18)17-7-5-16(6-8-17)10-14-9-13(11-19-14)3-2-4-15/h9,11H,4-8,10,15H2,1H3. The zero-order chi connectivity index (χ0) is 13.7. The Morgan fingerprint density at radius 1 is 1.42 bits per heavy atom. The molecule has 4 nitrogen and oxygen atoms in total. The van der Waals surface area contributed by atoms with Gasteiger partial charge in [-0.05, 0) is 6.07 Å². The first-order chi connectivity index (χ1) is 9.19. The van der Waals surface area contributed by atoms with Crippen molar-refractivity contribution in [1.29, 1.82) is 0 Å². The number of nitrogens with zero attached hydrogens (tertiary/aromatic N) is 2. The summed E-state index contributed by atoms with van der Waals surface area (Å²) in [5, 5.41) is 2.07. The highest BCUT2D eigenvalue weighted by molar-refractivity contribution is 7.10. The van der Waals surface area contributed by atoms with E-state index in [0.29, 0.717) is 6.54 Å². The summed E-state index contributed by atoms with van der Waals surface area (Å²) in [7, 11) is 0. The molecule has 0 saturated carbocycles. The van der Waals surface area contributed by atoms with Gasteiger partial charge in [0, 0.05) is 55.5 Å². The van der Waals surface area contributed by atoms with Gasteiger partial charge in [0.25, 0.3) is 0 Å². The lowest BCUT2D eigenvalue weighted by Gasteiger charge is -2.33. The Morgan fingerprint density at radius 3 is 2.79 bits per heavy atom. The molecule has 0 aliphatic carbocycles. The van der Waals surface area contributed by atoms with E-state index in [1.54, 1.807) is 18.3 Å². The van der Waals surface area contributed by atoms with Gasteiger partial charge in [-0.15, -0.1) is 11.3 Å². The van der Waals surface area contributed by atoms with E-state index in [0.717, 1.165) is 38.3 Å². The summed E-state index contributed by atoms with van der Waals surface area (Å²) in [6, 6.07) is 2.13. The van der Waals surface area contributed by atoms with E-state index in [-0.39, 0.29) is 5.91 Å². The highest BCUT2D eigenvalue weighted by Gasteiger charge is 2.18. The van der Waals surface area contributed by atoms with E-state index < -0.39 is 0 Å². The summed E-state index contributed by atoms with van der Waals surface area (Å²) in [6.45, 7) is 6.54. The maximum absolute atomic E-state index is 11.3. The van der Waals surface area contributed by atoms with E-state index in [2.05, 4.69) is 28.2 Å². The molecule has 0 aromatic carbocycles. The van der Waals surface area contributed by atoms with E-state index in [9.17, 15) is 4.79 Å². The molecule has 19 heavy (non-hydrogen) atoms. The molecule has 1 amide bonds. The minimum atomic E-state index is 0.176. The van der Waals surface area contributed by atoms with Crippen LogP contribution in [0.25, 0.3) is 0 Å². The van der Waals surface area contributed by atoms with Crippen molar-refractivity contribution in [2.24, 2.45) is 5.73 Å². The van der Waals surface area contributed by atoms with Crippen LogP contribution in [-0.2, 0) is 11.3 Å². The van der Waals surface area contributed by atoms with Crippen molar-refractivity contribution in [2.45, 2.75) is 13.5 Å². The quantitative estimate of drug-likeness (QED) is 0.811. The molecule has 5 heteroatoms. The maximum Gasteiger partial charge on any atom is 0.219 e. The van der Waals surface area contributed by atoms with Crippen LogP contribution >= 0.6 is 11.3 Å². The normalized spacial score (nSPS) is 16.0. The van der Waals surface area contributed by atoms with Crippen LogP contribution in [0.15, 0.2) is 11.4 Å². The lowest BCUT2D eigenvalue weighted by Crippen LogP contribution is -2.47. The molecule has 0 atom stereocenters. The van der Waals surface area contributed by atoms with Crippen LogP contribution in [0.1, 0.15) is 17.4 Å². The highest BCUT2D eigenvalue weighted by atomic mass is 32.1. The van der Waals surface area contributed by atoms with Gasteiger partial charge in [-0.25, -0.2) is 0 Å². The molecule has 1 aliphatic rings. The van der Waals surface area contributed by atoms with E-state index in [1.807, 2.05) is 4.90 Å². The summed E-state index contributed by atoms with van der Waals surface area (Å²) in [6.07, 6.45) is 0. The second-order valence-electron chi connectivity index (χ2n) is 4.59. The summed E-state index contributed by atoms with van der Waals surface area (Å²) in [5.74, 6) is 6.09. The fourth-order valence-electron chi connectivity index (χ4n) is 2.12. The number of hydrogen-bond acceptors (Lipinski definition) is 4. The number of hydrogen-bond donors (Lipinski definition) is 1. The molecule has 1 aliphatic heterocycles. The summed E-state index contributed by atoms with van der Waals surface area (Å²) in [5.41, 5.74) is 6.41. The molecule has 1 aromatic heterocycles. The van der Waals surface area contributed by atoms with Gasteiger partial charge in [0.15, 0.2) is 0 Å². The van der Waals surface area contributed by atoms with Crippen LogP contribution in [0.2, 0.25) is 0 Å². The average molecular weight is 277 g/mol. The third-order valence-electron chi connectivity index (χ3n) is 3.19. The van der Waals surface area contributed by atoms with Crippen molar-refractivity contribution in [2.75, 3.05) is 32.7 Å². The molecular weight excluding hydrogens is 258 g/mol. The molecule has 2 N–H and O–H groups in total. The SMILES string of the molecule is CC(=O)N1CCN(Cc2cc(C#CCN)cs2)CC1. The van der Waals surface area contributed by atoms with Crippen molar-refractivity contribution in [1.82, 2.24) is 9.80 Å². The fraction of sp³-hybridized carbons (Fsp3) is 0.500. The van der Waals surface area contributed by atoms with Gasteiger partial charge in [-0.3, -0.25) is 9.69 Å². The van der Waals surface area contributed by atoms with Crippen LogP contribution in [0.5, 0.6) is 0 Å². The van der Waals surface area contributed by atoms with Crippen LogP contribution in [-0.4, -0.2) is 48.4 Å². The topological polar surface area (TPSA) is 49.6 Å². The van der Waals surface area contributed by atoms with Gasteiger partial charge in [0.1, 0.15) is 0 Å². The molecule has 2 rings (SSSR count). The zero-order valence-electron chi connectivity index (χ0n) is 11.2. The van der Waals surface area contributed by atoms with Crippen LogP contribution in [0.3, 0.4) is 0 Å². The largest absolute Gasteiger partial charge is 0.340 e. The molecule has 0 spiro atoms. The molecule has 0 bridgehead atoms. The molecule has 102 valence electrons. The van der Waals surface area contributed by atoms with Gasteiger partial charge in [-0.2, -0.15) is 0 Å². The number of nitrogens with two attached hydrogens (primary N) is 1. The van der Waals surface area contributed by atoms with Gasteiger partial charge < -0.3 is 10.6 Å². The Hall–Kier alpha value is -1.35. The van der Waals surface area contributed by atoms with Crippen molar-refractivity contribution >= 4 is 17.2 Å². The lowest BCUT2D eigenvalue weighted by atomic mass is 10.2. The summed E-state index contributed by atoms with van der Waals surface area (Å²) >= 11 is 1.74. The second kappa shape index (κ2) is 6.71. The van der Waals surface area contributed by atoms with Crippen LogP contribution < -0.4 is 5.73 Å². The first kappa shape index (κ1) is 14.1. The average Bonchev–Trinajstić information content (AvgIpc) is 2.84. The number of thiophene rings is 1. The van der Waals surface area contributed by atoms with Crippen LogP contribution in [0.4, 0.5) is 0 Å². The highest BCUT2D eigenvalue weighted by Crippen LogP contribution is 2.17. The number of amides is 1. The summed E-state index contributed by atoms with van der Waals surface area (Å²) < 4.78 is 0. The molecular formula is C14H19N3OS. The smallest absolute Gasteiger partial charge is 0.219 e. The number of rotatable bonds is 2. The Balaban J connectivity index is 1.85. The molecule has 0 radical (unpaired) electrons. The minimum Gasteiger partial charge on any atom is -0.340 e.